The Balaban J connectivity index is 2.04. The number of thiophene rings is 1. The number of esters is 1. The molecule has 1 atom stereocenters. The molecule has 2 rings (SSSR count). The van der Waals surface area contributed by atoms with Crippen LogP contribution in [0, 0.1) is 0 Å². The lowest BCUT2D eigenvalue weighted by Gasteiger charge is -2.15. The van der Waals surface area contributed by atoms with Crippen LogP contribution in [0.1, 0.15) is 45.8 Å². The van der Waals surface area contributed by atoms with Gasteiger partial charge in [-0.25, -0.2) is 4.79 Å². The number of fused-ring (bicyclic) bond motifs is 1. The van der Waals surface area contributed by atoms with E-state index in [9.17, 15) is 9.59 Å². The summed E-state index contributed by atoms with van der Waals surface area (Å²) < 4.78 is 4.78. The molecule has 1 aromatic rings. The van der Waals surface area contributed by atoms with Crippen LogP contribution in [0.5, 0.6) is 0 Å². The summed E-state index contributed by atoms with van der Waals surface area (Å²) in [7, 11) is 1.36. The fourth-order valence-corrected chi connectivity index (χ4v) is 4.26. The Bertz CT molecular complexity index is 504. The maximum absolute atomic E-state index is 12.4. The molecule has 1 aromatic heterocycles. The van der Waals surface area contributed by atoms with E-state index in [1.165, 1.54) is 36.8 Å². The molecule has 22 heavy (non-hydrogen) atoms. The molecule has 122 valence electrons. The van der Waals surface area contributed by atoms with E-state index in [-0.39, 0.29) is 11.9 Å². The molecule has 0 aliphatic heterocycles. The molecule has 0 saturated heterocycles. The van der Waals surface area contributed by atoms with Crippen molar-refractivity contribution in [2.45, 2.75) is 44.6 Å². The molecule has 0 saturated carbocycles. The average molecular weight is 341 g/mol. The molecule has 0 aromatic carbocycles. The predicted molar refractivity (Wildman–Crippen MR) is 91.8 cm³/mol. The van der Waals surface area contributed by atoms with E-state index in [0.717, 1.165) is 18.6 Å². The largest absolute Gasteiger partial charge is 0.467 e. The van der Waals surface area contributed by atoms with Gasteiger partial charge in [0, 0.05) is 4.88 Å². The number of carbonyl (C=O) groups excluding carboxylic acids is 2. The minimum absolute atomic E-state index is 0.158. The van der Waals surface area contributed by atoms with Crippen LogP contribution in [0.15, 0.2) is 6.07 Å². The van der Waals surface area contributed by atoms with Crippen molar-refractivity contribution >= 4 is 35.0 Å². The minimum Gasteiger partial charge on any atom is -0.467 e. The van der Waals surface area contributed by atoms with Crippen molar-refractivity contribution in [1.29, 1.82) is 0 Å². The topological polar surface area (TPSA) is 55.4 Å². The van der Waals surface area contributed by atoms with Crippen LogP contribution in [0.2, 0.25) is 0 Å². The number of nitrogens with one attached hydrogen (secondary N) is 1. The lowest BCUT2D eigenvalue weighted by molar-refractivity contribution is -0.142. The van der Waals surface area contributed by atoms with Crippen molar-refractivity contribution < 1.29 is 14.3 Å². The van der Waals surface area contributed by atoms with Crippen molar-refractivity contribution in [3.63, 3.8) is 0 Å². The summed E-state index contributed by atoms with van der Waals surface area (Å²) in [5.74, 6) is 0.274. The first-order valence-electron chi connectivity index (χ1n) is 7.65. The highest BCUT2D eigenvalue weighted by Gasteiger charge is 2.23. The van der Waals surface area contributed by atoms with Crippen molar-refractivity contribution in [1.82, 2.24) is 5.32 Å². The summed E-state index contributed by atoms with van der Waals surface area (Å²) in [6, 6.07) is 1.44. The molecule has 1 aliphatic carbocycles. The zero-order valence-corrected chi connectivity index (χ0v) is 14.8. The molecular formula is C16H23NO3S2. The van der Waals surface area contributed by atoms with Gasteiger partial charge in [-0.1, -0.05) is 6.42 Å². The van der Waals surface area contributed by atoms with Gasteiger partial charge in [0.25, 0.3) is 5.91 Å². The number of thioether (sulfide) groups is 1. The molecule has 0 fully saturated rings. The monoisotopic (exact) mass is 341 g/mol. The van der Waals surface area contributed by atoms with E-state index in [0.29, 0.717) is 11.3 Å². The summed E-state index contributed by atoms with van der Waals surface area (Å²) in [5.41, 5.74) is 1.31. The summed E-state index contributed by atoms with van der Waals surface area (Å²) in [4.78, 5) is 26.3. The van der Waals surface area contributed by atoms with Crippen LogP contribution < -0.4 is 5.32 Å². The molecule has 1 aliphatic rings. The summed E-state index contributed by atoms with van der Waals surface area (Å²) in [6.45, 7) is 0. The highest BCUT2D eigenvalue weighted by Crippen LogP contribution is 2.29. The van der Waals surface area contributed by atoms with Gasteiger partial charge >= 0.3 is 5.97 Å². The van der Waals surface area contributed by atoms with E-state index in [4.69, 9.17) is 4.74 Å². The first kappa shape index (κ1) is 17.3. The van der Waals surface area contributed by atoms with Gasteiger partial charge in [-0.15, -0.1) is 11.3 Å². The highest BCUT2D eigenvalue weighted by atomic mass is 32.2. The van der Waals surface area contributed by atoms with E-state index >= 15 is 0 Å². The zero-order valence-electron chi connectivity index (χ0n) is 13.1. The van der Waals surface area contributed by atoms with Gasteiger partial charge in [0.1, 0.15) is 6.04 Å². The standard InChI is InChI=1S/C16H23NO3S2/c1-20-16(19)12(8-9-21-2)17-15(18)14-10-11-6-4-3-5-7-13(11)22-14/h10,12H,3-9H2,1-2H3,(H,17,18)/t12-/m0/s1. The number of hydrogen-bond acceptors (Lipinski definition) is 5. The molecule has 4 nitrogen and oxygen atoms in total. The Morgan fingerprint density at radius 1 is 1.36 bits per heavy atom. The summed E-state index contributed by atoms with van der Waals surface area (Å²) >= 11 is 3.22. The van der Waals surface area contributed by atoms with Crippen LogP contribution in [0.3, 0.4) is 0 Å². The third kappa shape index (κ3) is 4.49. The van der Waals surface area contributed by atoms with E-state index in [2.05, 4.69) is 5.32 Å². The highest BCUT2D eigenvalue weighted by molar-refractivity contribution is 7.98. The molecule has 1 heterocycles. The number of aryl methyl sites for hydroxylation is 2. The molecule has 0 unspecified atom stereocenters. The number of methoxy groups -OCH3 is 1. The number of carbonyl (C=O) groups is 2. The van der Waals surface area contributed by atoms with Crippen LogP contribution in [-0.2, 0) is 22.4 Å². The maximum Gasteiger partial charge on any atom is 0.328 e. The normalized spacial score (nSPS) is 15.5. The van der Waals surface area contributed by atoms with Crippen molar-refractivity contribution in [2.75, 3.05) is 19.1 Å². The van der Waals surface area contributed by atoms with E-state index in [1.54, 1.807) is 23.1 Å². The Labute approximate surface area is 140 Å². The van der Waals surface area contributed by atoms with E-state index in [1.807, 2.05) is 12.3 Å². The Kier molecular flexibility index (Phi) is 6.76. The molecular weight excluding hydrogens is 318 g/mol. The molecule has 6 heteroatoms. The first-order chi connectivity index (χ1) is 10.7. The van der Waals surface area contributed by atoms with E-state index < -0.39 is 6.04 Å². The van der Waals surface area contributed by atoms with Gasteiger partial charge in [-0.2, -0.15) is 11.8 Å². The SMILES string of the molecule is COC(=O)[C@H](CCSC)NC(=O)c1cc2c(s1)CCCCC2. The fourth-order valence-electron chi connectivity index (χ4n) is 2.64. The molecule has 0 radical (unpaired) electrons. The van der Waals surface area contributed by atoms with Gasteiger partial charge in [-0.3, -0.25) is 4.79 Å². The number of rotatable bonds is 6. The van der Waals surface area contributed by atoms with Gasteiger partial charge in [0.15, 0.2) is 0 Å². The van der Waals surface area contributed by atoms with Gasteiger partial charge in [0.2, 0.25) is 0 Å². The fraction of sp³-hybridized carbons (Fsp3) is 0.625. The number of ether oxygens (including phenoxy) is 1. The van der Waals surface area contributed by atoms with Crippen molar-refractivity contribution in [3.05, 3.63) is 21.4 Å². The van der Waals surface area contributed by atoms with Crippen molar-refractivity contribution in [3.8, 4) is 0 Å². The summed E-state index contributed by atoms with van der Waals surface area (Å²) in [5, 5.41) is 2.83. The first-order valence-corrected chi connectivity index (χ1v) is 9.86. The van der Waals surface area contributed by atoms with Crippen molar-refractivity contribution in [2.24, 2.45) is 0 Å². The Morgan fingerprint density at radius 2 is 2.14 bits per heavy atom. The molecule has 0 spiro atoms. The number of hydrogen-bond donors (Lipinski definition) is 1. The van der Waals surface area contributed by atoms with Crippen LogP contribution >= 0.6 is 23.1 Å². The predicted octanol–water partition coefficient (Wildman–Crippen LogP) is 3.04. The van der Waals surface area contributed by atoms with Crippen LogP contribution in [0.25, 0.3) is 0 Å². The van der Waals surface area contributed by atoms with Crippen LogP contribution in [-0.4, -0.2) is 37.0 Å². The molecule has 1 N–H and O–H groups in total. The Morgan fingerprint density at radius 3 is 2.86 bits per heavy atom. The molecule has 0 bridgehead atoms. The maximum atomic E-state index is 12.4. The quantitative estimate of drug-likeness (QED) is 0.638. The molecule has 1 amide bonds. The zero-order chi connectivity index (χ0) is 15.9. The van der Waals surface area contributed by atoms with Gasteiger partial charge in [0.05, 0.1) is 12.0 Å². The van der Waals surface area contributed by atoms with Gasteiger partial charge < -0.3 is 10.1 Å². The average Bonchev–Trinajstić information content (AvgIpc) is 2.81. The minimum atomic E-state index is -0.563. The smallest absolute Gasteiger partial charge is 0.328 e. The van der Waals surface area contributed by atoms with Gasteiger partial charge in [-0.05, 0) is 55.7 Å². The third-order valence-electron chi connectivity index (χ3n) is 3.87. The third-order valence-corrected chi connectivity index (χ3v) is 5.75. The lowest BCUT2D eigenvalue weighted by atomic mass is 10.1. The lowest BCUT2D eigenvalue weighted by Crippen LogP contribution is -2.41. The second-order valence-electron chi connectivity index (χ2n) is 5.45. The van der Waals surface area contributed by atoms with Crippen LogP contribution in [0.4, 0.5) is 0 Å². The summed E-state index contributed by atoms with van der Waals surface area (Å²) in [6.07, 6.45) is 8.36. The number of amides is 1. The second kappa shape index (κ2) is 8.58. The second-order valence-corrected chi connectivity index (χ2v) is 7.57. The Hall–Kier alpha value is -1.01.